The summed E-state index contributed by atoms with van der Waals surface area (Å²) in [5, 5.41) is 8.42. The summed E-state index contributed by atoms with van der Waals surface area (Å²) < 4.78 is 22.9. The van der Waals surface area contributed by atoms with E-state index in [1.54, 1.807) is 0 Å². The molecule has 0 aromatic heterocycles. The van der Waals surface area contributed by atoms with E-state index in [2.05, 4.69) is 0 Å². The second-order valence-corrected chi connectivity index (χ2v) is 3.21. The molecule has 0 fully saturated rings. The van der Waals surface area contributed by atoms with Crippen LogP contribution in [-0.4, -0.2) is 37.5 Å². The molecule has 0 spiro atoms. The Hall–Kier alpha value is -1.66. The molecule has 0 aliphatic rings. The first-order valence-electron chi connectivity index (χ1n) is 5.06. The fourth-order valence-corrected chi connectivity index (χ4v) is 1.13. The van der Waals surface area contributed by atoms with Gasteiger partial charge in [-0.05, 0) is 18.2 Å². The van der Waals surface area contributed by atoms with Crippen molar-refractivity contribution in [2.45, 2.75) is 0 Å². The smallest absolute Gasteiger partial charge is 0.341 e. The summed E-state index contributed by atoms with van der Waals surface area (Å²) >= 11 is 0. The molecule has 0 unspecified atom stereocenters. The van der Waals surface area contributed by atoms with E-state index in [0.717, 1.165) is 6.07 Å². The number of nitrogens with two attached hydrogens (primary N) is 1. The molecule has 94 valence electrons. The van der Waals surface area contributed by atoms with Crippen LogP contribution in [0.4, 0.5) is 10.1 Å². The van der Waals surface area contributed by atoms with Crippen molar-refractivity contribution >= 4 is 11.7 Å². The lowest BCUT2D eigenvalue weighted by Crippen LogP contribution is -2.13. The van der Waals surface area contributed by atoms with Crippen LogP contribution in [0.15, 0.2) is 18.2 Å². The zero-order valence-electron chi connectivity index (χ0n) is 9.19. The fraction of sp³-hybridized carbons (Fsp3) is 0.364. The molecule has 0 aliphatic carbocycles. The van der Waals surface area contributed by atoms with Gasteiger partial charge in [-0.2, -0.15) is 0 Å². The highest BCUT2D eigenvalue weighted by molar-refractivity contribution is 5.90. The summed E-state index contributed by atoms with van der Waals surface area (Å²) in [5.74, 6) is -1.48. The lowest BCUT2D eigenvalue weighted by atomic mass is 10.2. The molecule has 6 heteroatoms. The number of rotatable bonds is 6. The first kappa shape index (κ1) is 13.4. The van der Waals surface area contributed by atoms with Crippen LogP contribution in [0, 0.1) is 5.82 Å². The van der Waals surface area contributed by atoms with Gasteiger partial charge in [-0.1, -0.05) is 0 Å². The molecule has 0 aliphatic heterocycles. The molecule has 5 nitrogen and oxygen atoms in total. The molecule has 0 bridgehead atoms. The quantitative estimate of drug-likeness (QED) is 0.434. The van der Waals surface area contributed by atoms with Gasteiger partial charge < -0.3 is 20.3 Å². The Morgan fingerprint density at radius 2 is 2.12 bits per heavy atom. The molecule has 0 amide bonds. The Morgan fingerprint density at radius 3 is 2.76 bits per heavy atom. The largest absolute Gasteiger partial charge is 0.460 e. The van der Waals surface area contributed by atoms with Crippen LogP contribution in [0.1, 0.15) is 10.4 Å². The molecule has 0 saturated carbocycles. The first-order chi connectivity index (χ1) is 8.15. The first-order valence-corrected chi connectivity index (χ1v) is 5.06. The predicted octanol–water partition coefficient (Wildman–Crippen LogP) is 0.574. The van der Waals surface area contributed by atoms with E-state index in [1.807, 2.05) is 0 Å². The van der Waals surface area contributed by atoms with E-state index in [0.29, 0.717) is 0 Å². The highest BCUT2D eigenvalue weighted by Crippen LogP contribution is 2.12. The fourth-order valence-electron chi connectivity index (χ4n) is 1.13. The molecule has 1 rings (SSSR count). The van der Waals surface area contributed by atoms with Crippen LogP contribution < -0.4 is 5.73 Å². The maximum atomic E-state index is 13.3. The SMILES string of the molecule is Nc1ccc(C(=O)OCCOCCO)c(F)c1. The number of benzene rings is 1. The maximum absolute atomic E-state index is 13.3. The van der Waals surface area contributed by atoms with Gasteiger partial charge in [0.25, 0.3) is 0 Å². The number of nitrogen functional groups attached to an aromatic ring is 1. The molecule has 17 heavy (non-hydrogen) atoms. The average Bonchev–Trinajstić information content (AvgIpc) is 2.28. The topological polar surface area (TPSA) is 81.8 Å². The number of aliphatic hydroxyl groups is 1. The van der Waals surface area contributed by atoms with Gasteiger partial charge >= 0.3 is 5.97 Å². The number of ether oxygens (including phenoxy) is 2. The summed E-state index contributed by atoms with van der Waals surface area (Å²) in [6.45, 7) is 0.236. The van der Waals surface area contributed by atoms with E-state index < -0.39 is 11.8 Å². The maximum Gasteiger partial charge on any atom is 0.341 e. The van der Waals surface area contributed by atoms with Crippen LogP contribution in [0.25, 0.3) is 0 Å². The zero-order valence-corrected chi connectivity index (χ0v) is 9.19. The lowest BCUT2D eigenvalue weighted by molar-refractivity contribution is 0.0254. The number of aliphatic hydroxyl groups excluding tert-OH is 1. The van der Waals surface area contributed by atoms with Crippen LogP contribution >= 0.6 is 0 Å². The summed E-state index contributed by atoms with van der Waals surface area (Å²) in [7, 11) is 0. The van der Waals surface area contributed by atoms with E-state index >= 15 is 0 Å². The van der Waals surface area contributed by atoms with Crippen molar-refractivity contribution in [1.82, 2.24) is 0 Å². The van der Waals surface area contributed by atoms with E-state index in [4.69, 9.17) is 20.3 Å². The molecular weight excluding hydrogens is 229 g/mol. The monoisotopic (exact) mass is 243 g/mol. The number of carbonyl (C=O) groups is 1. The number of hydrogen-bond acceptors (Lipinski definition) is 5. The minimum Gasteiger partial charge on any atom is -0.460 e. The van der Waals surface area contributed by atoms with Crippen molar-refractivity contribution in [1.29, 1.82) is 0 Å². The minimum atomic E-state index is -0.768. The Kier molecular flexibility index (Phi) is 5.38. The summed E-state index contributed by atoms with van der Waals surface area (Å²) in [5.41, 5.74) is 5.42. The normalized spacial score (nSPS) is 10.2. The van der Waals surface area contributed by atoms with E-state index in [-0.39, 0.29) is 37.7 Å². The lowest BCUT2D eigenvalue weighted by Gasteiger charge is -2.06. The molecule has 1 aromatic rings. The van der Waals surface area contributed by atoms with Crippen molar-refractivity contribution in [2.24, 2.45) is 0 Å². The third kappa shape index (κ3) is 4.38. The summed E-state index contributed by atoms with van der Waals surface area (Å²) in [4.78, 5) is 11.4. The van der Waals surface area contributed by atoms with Gasteiger partial charge in [0.05, 0.1) is 25.4 Å². The Bertz CT molecular complexity index is 384. The van der Waals surface area contributed by atoms with Gasteiger partial charge in [0.1, 0.15) is 12.4 Å². The van der Waals surface area contributed by atoms with Crippen molar-refractivity contribution in [3.8, 4) is 0 Å². The van der Waals surface area contributed by atoms with Crippen LogP contribution in [0.5, 0.6) is 0 Å². The Morgan fingerprint density at radius 1 is 1.35 bits per heavy atom. The highest BCUT2D eigenvalue weighted by atomic mass is 19.1. The van der Waals surface area contributed by atoms with Crippen LogP contribution in [-0.2, 0) is 9.47 Å². The van der Waals surface area contributed by atoms with Crippen LogP contribution in [0.3, 0.4) is 0 Å². The number of carbonyl (C=O) groups excluding carboxylic acids is 1. The molecule has 1 aromatic carbocycles. The average molecular weight is 243 g/mol. The minimum absolute atomic E-state index is 0.00263. The number of anilines is 1. The van der Waals surface area contributed by atoms with E-state index in [1.165, 1.54) is 12.1 Å². The van der Waals surface area contributed by atoms with Gasteiger partial charge in [0.2, 0.25) is 0 Å². The zero-order chi connectivity index (χ0) is 12.7. The van der Waals surface area contributed by atoms with Crippen molar-refractivity contribution in [3.63, 3.8) is 0 Å². The number of hydrogen-bond donors (Lipinski definition) is 2. The third-order valence-electron chi connectivity index (χ3n) is 1.91. The van der Waals surface area contributed by atoms with E-state index in [9.17, 15) is 9.18 Å². The predicted molar refractivity (Wildman–Crippen MR) is 59.0 cm³/mol. The molecule has 3 N–H and O–H groups in total. The summed E-state index contributed by atoms with van der Waals surface area (Å²) in [6.07, 6.45) is 0. The van der Waals surface area contributed by atoms with Gasteiger partial charge in [-0.15, -0.1) is 0 Å². The van der Waals surface area contributed by atoms with Crippen molar-refractivity contribution in [2.75, 3.05) is 32.2 Å². The highest BCUT2D eigenvalue weighted by Gasteiger charge is 2.12. The second kappa shape index (κ2) is 6.82. The van der Waals surface area contributed by atoms with Crippen LogP contribution in [0.2, 0.25) is 0 Å². The molecular formula is C11H14FNO4. The molecule has 0 atom stereocenters. The third-order valence-corrected chi connectivity index (χ3v) is 1.91. The molecule has 0 heterocycles. The van der Waals surface area contributed by atoms with Gasteiger partial charge in [0, 0.05) is 5.69 Å². The van der Waals surface area contributed by atoms with Gasteiger partial charge in [-0.3, -0.25) is 0 Å². The van der Waals surface area contributed by atoms with Crippen molar-refractivity contribution in [3.05, 3.63) is 29.6 Å². The number of halogens is 1. The molecule has 0 radical (unpaired) electrons. The number of esters is 1. The van der Waals surface area contributed by atoms with Gasteiger partial charge in [-0.25, -0.2) is 9.18 Å². The standard InChI is InChI=1S/C11H14FNO4/c12-10-7-8(13)1-2-9(10)11(15)17-6-5-16-4-3-14/h1-2,7,14H,3-6,13H2. The summed E-state index contributed by atoms with van der Waals surface area (Å²) in [6, 6.07) is 3.74. The Labute approximate surface area is 97.9 Å². The van der Waals surface area contributed by atoms with Gasteiger partial charge in [0.15, 0.2) is 0 Å². The van der Waals surface area contributed by atoms with Crippen molar-refractivity contribution < 1.29 is 23.8 Å². The molecule has 0 saturated heterocycles. The second-order valence-electron chi connectivity index (χ2n) is 3.21. The Balaban J connectivity index is 2.42.